The molecule has 1 unspecified atom stereocenters. The van der Waals surface area contributed by atoms with Crippen molar-refractivity contribution in [3.05, 3.63) is 0 Å². The maximum Gasteiger partial charge on any atom is 0.510 e. The van der Waals surface area contributed by atoms with Gasteiger partial charge >= 0.3 is 6.16 Å². The van der Waals surface area contributed by atoms with E-state index in [4.69, 9.17) is 0 Å². The van der Waals surface area contributed by atoms with Gasteiger partial charge in [-0.05, 0) is 6.42 Å². The van der Waals surface area contributed by atoms with Crippen molar-refractivity contribution in [2.24, 2.45) is 0 Å². The Balaban J connectivity index is 3.26. The van der Waals surface area contributed by atoms with Crippen LogP contribution >= 0.6 is 0 Å². The molecule has 0 saturated carbocycles. The molecule has 0 bridgehead atoms. The van der Waals surface area contributed by atoms with E-state index >= 15 is 0 Å². The molecule has 4 heteroatoms. The lowest BCUT2D eigenvalue weighted by Crippen LogP contribution is -2.12. The number of hydrogen-bond donors (Lipinski definition) is 0. The van der Waals surface area contributed by atoms with Crippen molar-refractivity contribution in [2.75, 3.05) is 6.61 Å². The quantitative estimate of drug-likeness (QED) is 0.576. The Labute approximate surface area is 59.1 Å². The summed E-state index contributed by atoms with van der Waals surface area (Å²) in [5.41, 5.74) is 0. The number of carbonyl (C=O) groups is 1. The molecule has 0 aromatic heterocycles. The van der Waals surface area contributed by atoms with Crippen LogP contribution in [0.5, 0.6) is 0 Å². The summed E-state index contributed by atoms with van der Waals surface area (Å²) in [6.45, 7) is 3.23. The van der Waals surface area contributed by atoms with Crippen LogP contribution in [0.25, 0.3) is 0 Å². The number of hydrogen-bond acceptors (Lipinski definition) is 3. The monoisotopic (exact) mass is 150 g/mol. The second-order valence-electron chi connectivity index (χ2n) is 1.76. The Morgan fingerprint density at radius 1 is 1.70 bits per heavy atom. The standard InChI is InChI=1S/C6H11FO3/c1-3-4-9-6(8)10-5(2)7/h5H,3-4H2,1-2H3. The van der Waals surface area contributed by atoms with Crippen molar-refractivity contribution in [3.63, 3.8) is 0 Å². The summed E-state index contributed by atoms with van der Waals surface area (Å²) in [5, 5.41) is 0. The summed E-state index contributed by atoms with van der Waals surface area (Å²) in [4.78, 5) is 10.3. The zero-order valence-electron chi connectivity index (χ0n) is 6.09. The minimum Gasteiger partial charge on any atom is -0.434 e. The molecule has 0 N–H and O–H groups in total. The molecule has 0 aliphatic carbocycles. The van der Waals surface area contributed by atoms with Gasteiger partial charge in [0.1, 0.15) is 0 Å². The summed E-state index contributed by atoms with van der Waals surface area (Å²) in [6.07, 6.45) is -1.84. The second-order valence-corrected chi connectivity index (χ2v) is 1.76. The van der Waals surface area contributed by atoms with E-state index in [1.807, 2.05) is 6.92 Å². The Kier molecular flexibility index (Phi) is 4.62. The summed E-state index contributed by atoms with van der Waals surface area (Å²) in [7, 11) is 0. The first kappa shape index (κ1) is 9.20. The van der Waals surface area contributed by atoms with Crippen LogP contribution in [0.4, 0.5) is 9.18 Å². The minimum atomic E-state index is -1.59. The smallest absolute Gasteiger partial charge is 0.434 e. The zero-order valence-corrected chi connectivity index (χ0v) is 6.09. The van der Waals surface area contributed by atoms with Crippen molar-refractivity contribution in [3.8, 4) is 0 Å². The Hall–Kier alpha value is -0.800. The number of rotatable bonds is 3. The maximum absolute atomic E-state index is 11.9. The van der Waals surface area contributed by atoms with Gasteiger partial charge < -0.3 is 9.47 Å². The van der Waals surface area contributed by atoms with Gasteiger partial charge in [-0.3, -0.25) is 0 Å². The summed E-state index contributed by atoms with van der Waals surface area (Å²) >= 11 is 0. The van der Waals surface area contributed by atoms with Gasteiger partial charge in [0.05, 0.1) is 6.61 Å². The highest BCUT2D eigenvalue weighted by molar-refractivity contribution is 5.59. The fourth-order valence-corrected chi connectivity index (χ4v) is 0.352. The molecule has 60 valence electrons. The van der Waals surface area contributed by atoms with Crippen molar-refractivity contribution in [1.29, 1.82) is 0 Å². The van der Waals surface area contributed by atoms with E-state index in [0.717, 1.165) is 6.92 Å². The van der Waals surface area contributed by atoms with Crippen LogP contribution in [0.3, 0.4) is 0 Å². The first-order valence-corrected chi connectivity index (χ1v) is 3.14. The molecule has 0 rings (SSSR count). The Bertz CT molecular complexity index is 103. The predicted molar refractivity (Wildman–Crippen MR) is 33.3 cm³/mol. The lowest BCUT2D eigenvalue weighted by Gasteiger charge is -2.04. The van der Waals surface area contributed by atoms with Gasteiger partial charge in [-0.15, -0.1) is 0 Å². The fourth-order valence-electron chi connectivity index (χ4n) is 0.352. The normalized spacial score (nSPS) is 12.3. The van der Waals surface area contributed by atoms with Gasteiger partial charge in [0.25, 0.3) is 0 Å². The van der Waals surface area contributed by atoms with Crippen molar-refractivity contribution in [2.45, 2.75) is 26.6 Å². The highest BCUT2D eigenvalue weighted by Gasteiger charge is 2.06. The Morgan fingerprint density at radius 3 is 2.70 bits per heavy atom. The molecule has 0 aliphatic rings. The topological polar surface area (TPSA) is 35.5 Å². The zero-order chi connectivity index (χ0) is 7.98. The molecule has 1 atom stereocenters. The third-order valence-electron chi connectivity index (χ3n) is 0.683. The molecule has 0 radical (unpaired) electrons. The molecule has 0 spiro atoms. The number of alkyl halides is 1. The highest BCUT2D eigenvalue weighted by Crippen LogP contribution is 1.94. The first-order chi connectivity index (χ1) is 4.66. The summed E-state index contributed by atoms with van der Waals surface area (Å²) in [6, 6.07) is 0. The lowest BCUT2D eigenvalue weighted by molar-refractivity contribution is -0.0209. The van der Waals surface area contributed by atoms with Crippen LogP contribution in [0.15, 0.2) is 0 Å². The molecule has 10 heavy (non-hydrogen) atoms. The minimum absolute atomic E-state index is 0.269. The Morgan fingerprint density at radius 2 is 2.30 bits per heavy atom. The number of carbonyl (C=O) groups excluding carboxylic acids is 1. The molecule has 0 aromatic carbocycles. The van der Waals surface area contributed by atoms with E-state index < -0.39 is 12.5 Å². The maximum atomic E-state index is 11.9. The van der Waals surface area contributed by atoms with Crippen molar-refractivity contribution < 1.29 is 18.7 Å². The largest absolute Gasteiger partial charge is 0.510 e. The number of ether oxygens (including phenoxy) is 2. The van der Waals surface area contributed by atoms with Crippen LogP contribution in [0.2, 0.25) is 0 Å². The molecule has 0 amide bonds. The van der Waals surface area contributed by atoms with Gasteiger partial charge in [0.2, 0.25) is 6.36 Å². The molecule has 3 nitrogen and oxygen atoms in total. The van der Waals surface area contributed by atoms with Gasteiger partial charge in [-0.25, -0.2) is 9.18 Å². The van der Waals surface area contributed by atoms with Crippen LogP contribution in [-0.2, 0) is 9.47 Å². The van der Waals surface area contributed by atoms with Crippen LogP contribution in [0.1, 0.15) is 20.3 Å². The van der Waals surface area contributed by atoms with E-state index in [9.17, 15) is 9.18 Å². The van der Waals surface area contributed by atoms with Crippen molar-refractivity contribution in [1.82, 2.24) is 0 Å². The molecular weight excluding hydrogens is 139 g/mol. The van der Waals surface area contributed by atoms with Gasteiger partial charge in [0.15, 0.2) is 0 Å². The molecule has 0 aromatic rings. The lowest BCUT2D eigenvalue weighted by atomic mass is 10.5. The van der Waals surface area contributed by atoms with Crippen LogP contribution in [0, 0.1) is 0 Å². The average molecular weight is 150 g/mol. The average Bonchev–Trinajstić information content (AvgIpc) is 1.82. The van der Waals surface area contributed by atoms with Gasteiger partial charge in [-0.1, -0.05) is 6.92 Å². The van der Waals surface area contributed by atoms with E-state index in [1.165, 1.54) is 0 Å². The van der Waals surface area contributed by atoms with Crippen molar-refractivity contribution >= 4 is 6.16 Å². The highest BCUT2D eigenvalue weighted by atomic mass is 19.1. The van der Waals surface area contributed by atoms with E-state index in [-0.39, 0.29) is 6.61 Å². The molecule has 0 aliphatic heterocycles. The van der Waals surface area contributed by atoms with Crippen LogP contribution in [-0.4, -0.2) is 19.1 Å². The van der Waals surface area contributed by atoms with Gasteiger partial charge in [-0.2, -0.15) is 0 Å². The molecule has 0 fully saturated rings. The molecular formula is C6H11FO3. The SMILES string of the molecule is CCCOC(=O)OC(C)F. The van der Waals surface area contributed by atoms with Gasteiger partial charge in [0, 0.05) is 6.92 Å². The molecule has 0 heterocycles. The second kappa shape index (κ2) is 5.02. The fraction of sp³-hybridized carbons (Fsp3) is 0.833. The third kappa shape index (κ3) is 5.34. The third-order valence-corrected chi connectivity index (χ3v) is 0.683. The first-order valence-electron chi connectivity index (χ1n) is 3.14. The van der Waals surface area contributed by atoms with E-state index in [2.05, 4.69) is 9.47 Å². The predicted octanol–water partition coefficient (Wildman–Crippen LogP) is 1.87. The number of halogens is 1. The van der Waals surface area contributed by atoms with E-state index in [0.29, 0.717) is 6.42 Å². The summed E-state index contributed by atoms with van der Waals surface area (Å²) < 4.78 is 20.3. The van der Waals surface area contributed by atoms with E-state index in [1.54, 1.807) is 0 Å². The molecule has 0 saturated heterocycles. The summed E-state index contributed by atoms with van der Waals surface area (Å²) in [5.74, 6) is 0. The van der Waals surface area contributed by atoms with Crippen LogP contribution < -0.4 is 0 Å².